The minimum absolute atomic E-state index is 0.113. The van der Waals surface area contributed by atoms with Gasteiger partial charge in [-0.15, -0.1) is 0 Å². The number of hydrogen-bond acceptors (Lipinski definition) is 3. The molecule has 0 aromatic heterocycles. The summed E-state index contributed by atoms with van der Waals surface area (Å²) in [4.78, 5) is 25.8. The Hall–Kier alpha value is -1.85. The smallest absolute Gasteiger partial charge is 0.253 e. The van der Waals surface area contributed by atoms with Gasteiger partial charge in [-0.25, -0.2) is 0 Å². The van der Waals surface area contributed by atoms with Gasteiger partial charge in [0.2, 0.25) is 5.91 Å². The zero-order chi connectivity index (χ0) is 17.0. The van der Waals surface area contributed by atoms with Gasteiger partial charge in [0.25, 0.3) is 5.91 Å². The first-order valence-corrected chi connectivity index (χ1v) is 7.97. The summed E-state index contributed by atoms with van der Waals surface area (Å²) in [6.45, 7) is 5.88. The fourth-order valence-electron chi connectivity index (χ4n) is 2.77. The average molecular weight is 337 g/mol. The molecule has 1 saturated heterocycles. The molecule has 0 aliphatic carbocycles. The highest BCUT2D eigenvalue weighted by atomic mass is 35.5. The maximum absolute atomic E-state index is 12.2. The molecule has 0 radical (unpaired) electrons. The number of piperidine rings is 1. The molecule has 1 fully saturated rings. The number of halogens is 1. The lowest BCUT2D eigenvalue weighted by molar-refractivity contribution is -0.134. The molecule has 1 aromatic rings. The van der Waals surface area contributed by atoms with Crippen molar-refractivity contribution in [2.75, 3.05) is 6.54 Å². The van der Waals surface area contributed by atoms with Crippen molar-refractivity contribution in [2.24, 2.45) is 0 Å². The van der Waals surface area contributed by atoms with E-state index in [0.29, 0.717) is 17.1 Å². The highest BCUT2D eigenvalue weighted by Crippen LogP contribution is 2.23. The summed E-state index contributed by atoms with van der Waals surface area (Å²) in [7, 11) is 0. The fraction of sp³-hybridized carbons (Fsp3) is 0.412. The van der Waals surface area contributed by atoms with Gasteiger partial charge in [-0.05, 0) is 31.9 Å². The van der Waals surface area contributed by atoms with E-state index in [9.17, 15) is 14.7 Å². The topological polar surface area (TPSA) is 69.6 Å². The Kier molecular flexibility index (Phi) is 5.80. The van der Waals surface area contributed by atoms with Gasteiger partial charge in [0.15, 0.2) is 6.10 Å². The van der Waals surface area contributed by atoms with E-state index < -0.39 is 12.0 Å². The van der Waals surface area contributed by atoms with Crippen LogP contribution in [0.4, 0.5) is 0 Å². The second-order valence-corrected chi connectivity index (χ2v) is 6.16. The predicted molar refractivity (Wildman–Crippen MR) is 88.9 cm³/mol. The lowest BCUT2D eigenvalue weighted by Crippen LogP contribution is -2.53. The van der Waals surface area contributed by atoms with Crippen molar-refractivity contribution in [2.45, 2.75) is 38.0 Å². The van der Waals surface area contributed by atoms with Crippen LogP contribution in [0.2, 0.25) is 5.02 Å². The molecule has 2 rings (SSSR count). The van der Waals surface area contributed by atoms with Crippen LogP contribution in [0.5, 0.6) is 0 Å². The normalized spacial score (nSPS) is 22.3. The zero-order valence-electron chi connectivity index (χ0n) is 13.0. The first-order valence-electron chi connectivity index (χ1n) is 7.60. The number of amides is 2. The predicted octanol–water partition coefficient (Wildman–Crippen LogP) is 2.06. The third-order valence-electron chi connectivity index (χ3n) is 4.13. The zero-order valence-corrected chi connectivity index (χ0v) is 13.8. The molecule has 1 aliphatic heterocycles. The molecule has 2 unspecified atom stereocenters. The van der Waals surface area contributed by atoms with E-state index in [1.54, 1.807) is 29.2 Å². The van der Waals surface area contributed by atoms with Crippen molar-refractivity contribution in [3.8, 4) is 0 Å². The van der Waals surface area contributed by atoms with E-state index >= 15 is 0 Å². The Morgan fingerprint density at radius 3 is 2.78 bits per heavy atom. The van der Waals surface area contributed by atoms with Gasteiger partial charge < -0.3 is 15.3 Å². The maximum atomic E-state index is 12.2. The molecular formula is C17H21ClN2O3. The van der Waals surface area contributed by atoms with Gasteiger partial charge in [0.05, 0.1) is 0 Å². The number of carbonyl (C=O) groups excluding carboxylic acids is 2. The fourth-order valence-corrected chi connectivity index (χ4v) is 3.01. The van der Waals surface area contributed by atoms with E-state index in [4.69, 9.17) is 11.6 Å². The van der Waals surface area contributed by atoms with Crippen LogP contribution in [-0.2, 0) is 9.59 Å². The summed E-state index contributed by atoms with van der Waals surface area (Å²) >= 11 is 6.00. The van der Waals surface area contributed by atoms with Crippen LogP contribution in [-0.4, -0.2) is 40.4 Å². The Balaban J connectivity index is 2.01. The van der Waals surface area contributed by atoms with E-state index in [-0.39, 0.29) is 18.0 Å². The van der Waals surface area contributed by atoms with E-state index in [1.165, 1.54) is 6.08 Å². The van der Waals surface area contributed by atoms with Gasteiger partial charge in [0.1, 0.15) is 0 Å². The highest BCUT2D eigenvalue weighted by molar-refractivity contribution is 6.31. The van der Waals surface area contributed by atoms with Crippen LogP contribution in [0.3, 0.4) is 0 Å². The lowest BCUT2D eigenvalue weighted by atomic mass is 9.98. The Bertz CT molecular complexity index is 605. The summed E-state index contributed by atoms with van der Waals surface area (Å²) in [5.41, 5.74) is 0.370. The first kappa shape index (κ1) is 17.5. The Labute approximate surface area is 140 Å². The number of carbonyl (C=O) groups is 2. The van der Waals surface area contributed by atoms with Crippen LogP contribution in [0.1, 0.15) is 31.4 Å². The maximum Gasteiger partial charge on any atom is 0.253 e. The molecule has 5 nitrogen and oxygen atoms in total. The molecule has 23 heavy (non-hydrogen) atoms. The van der Waals surface area contributed by atoms with Gasteiger partial charge in [-0.3, -0.25) is 9.59 Å². The summed E-state index contributed by atoms with van der Waals surface area (Å²) in [5.74, 6) is -0.660. The standard InChI is InChI=1S/C17H21ClN2O3/c1-3-15(21)20-10-12(9-8-11(20)2)19-17(23)16(22)13-6-4-5-7-14(13)18/h3-7,11-12,16,22H,1,8-10H2,2H3,(H,19,23)/t11?,12?,16-/m1/s1. The van der Waals surface area contributed by atoms with Gasteiger partial charge in [-0.1, -0.05) is 36.4 Å². The molecule has 2 N–H and O–H groups in total. The molecule has 1 aliphatic rings. The number of likely N-dealkylation sites (tertiary alicyclic amines) is 1. The monoisotopic (exact) mass is 336 g/mol. The van der Waals surface area contributed by atoms with Gasteiger partial charge in [0, 0.05) is 29.2 Å². The molecule has 1 heterocycles. The molecule has 1 aromatic carbocycles. The van der Waals surface area contributed by atoms with Crippen LogP contribution in [0, 0.1) is 0 Å². The van der Waals surface area contributed by atoms with E-state index in [0.717, 1.165) is 12.8 Å². The van der Waals surface area contributed by atoms with Crippen molar-refractivity contribution in [1.29, 1.82) is 0 Å². The van der Waals surface area contributed by atoms with Crippen molar-refractivity contribution in [3.05, 3.63) is 47.5 Å². The Morgan fingerprint density at radius 2 is 2.13 bits per heavy atom. The van der Waals surface area contributed by atoms with Gasteiger partial charge in [-0.2, -0.15) is 0 Å². The van der Waals surface area contributed by atoms with Crippen LogP contribution < -0.4 is 5.32 Å². The second kappa shape index (κ2) is 7.62. The SMILES string of the molecule is C=CC(=O)N1CC(NC(=O)[C@H](O)c2ccccc2Cl)CCC1C. The van der Waals surface area contributed by atoms with Crippen molar-refractivity contribution in [3.63, 3.8) is 0 Å². The molecule has 2 amide bonds. The molecule has 0 saturated carbocycles. The molecule has 3 atom stereocenters. The van der Waals surface area contributed by atoms with Crippen LogP contribution >= 0.6 is 11.6 Å². The number of aliphatic hydroxyl groups excluding tert-OH is 1. The van der Waals surface area contributed by atoms with Crippen LogP contribution in [0.25, 0.3) is 0 Å². The number of nitrogens with one attached hydrogen (secondary N) is 1. The van der Waals surface area contributed by atoms with E-state index in [1.807, 2.05) is 6.92 Å². The van der Waals surface area contributed by atoms with Crippen molar-refractivity contribution < 1.29 is 14.7 Å². The van der Waals surface area contributed by atoms with Crippen molar-refractivity contribution in [1.82, 2.24) is 10.2 Å². The second-order valence-electron chi connectivity index (χ2n) is 5.75. The number of nitrogens with zero attached hydrogens (tertiary/aromatic N) is 1. The summed E-state index contributed by atoms with van der Waals surface area (Å²) < 4.78 is 0. The van der Waals surface area contributed by atoms with Crippen molar-refractivity contribution >= 4 is 23.4 Å². The summed E-state index contributed by atoms with van der Waals surface area (Å²) in [5, 5.41) is 13.3. The summed E-state index contributed by atoms with van der Waals surface area (Å²) in [6.07, 6.45) is 1.49. The molecule has 6 heteroatoms. The minimum Gasteiger partial charge on any atom is -0.378 e. The summed E-state index contributed by atoms with van der Waals surface area (Å²) in [6, 6.07) is 6.60. The molecule has 0 bridgehead atoms. The first-order chi connectivity index (χ1) is 10.9. The van der Waals surface area contributed by atoms with Crippen LogP contribution in [0.15, 0.2) is 36.9 Å². The minimum atomic E-state index is -1.33. The highest BCUT2D eigenvalue weighted by Gasteiger charge is 2.30. The molecule has 124 valence electrons. The number of aliphatic hydroxyl groups is 1. The largest absolute Gasteiger partial charge is 0.378 e. The van der Waals surface area contributed by atoms with Gasteiger partial charge >= 0.3 is 0 Å². The third kappa shape index (κ3) is 4.12. The number of hydrogen-bond donors (Lipinski definition) is 2. The quantitative estimate of drug-likeness (QED) is 0.827. The average Bonchev–Trinajstić information content (AvgIpc) is 2.55. The van der Waals surface area contributed by atoms with E-state index in [2.05, 4.69) is 11.9 Å². The number of benzene rings is 1. The third-order valence-corrected chi connectivity index (χ3v) is 4.48. The molecule has 0 spiro atoms. The lowest BCUT2D eigenvalue weighted by Gasteiger charge is -2.38. The Morgan fingerprint density at radius 1 is 1.43 bits per heavy atom. The molecular weight excluding hydrogens is 316 g/mol. The number of rotatable bonds is 4.